The summed E-state index contributed by atoms with van der Waals surface area (Å²) < 4.78 is 34.5. The number of nitrogens with zero attached hydrogens (tertiary/aromatic N) is 3. The second-order valence-electron chi connectivity index (χ2n) is 8.96. The van der Waals surface area contributed by atoms with Crippen LogP contribution in [0.25, 0.3) is 10.2 Å². The number of benzene rings is 3. The van der Waals surface area contributed by atoms with Crippen molar-refractivity contribution in [2.75, 3.05) is 22.8 Å². The molecular weight excluding hydrogens is 544 g/mol. The summed E-state index contributed by atoms with van der Waals surface area (Å²) in [4.78, 5) is 22.9. The summed E-state index contributed by atoms with van der Waals surface area (Å²) >= 11 is 1.23. The number of hydrogen-bond donors (Lipinski definition) is 1. The Morgan fingerprint density at radius 3 is 2.35 bits per heavy atom. The summed E-state index contributed by atoms with van der Waals surface area (Å²) in [5, 5.41) is 3.85. The number of esters is 1. The smallest absolute Gasteiger partial charge is 0.348 e. The molecule has 0 saturated heterocycles. The number of nitrogens with one attached hydrogen (secondary N) is 1. The third-order valence-corrected chi connectivity index (χ3v) is 9.56. The molecule has 0 radical (unpaired) electrons. The van der Waals surface area contributed by atoms with Crippen LogP contribution in [0.5, 0.6) is 0 Å². The van der Waals surface area contributed by atoms with Gasteiger partial charge in [-0.05, 0) is 49.2 Å². The number of carbonyl (C=O) groups excluding carboxylic acids is 1. The summed E-state index contributed by atoms with van der Waals surface area (Å²) in [6, 6.07) is 25.5. The van der Waals surface area contributed by atoms with Gasteiger partial charge in [0, 0.05) is 13.0 Å². The van der Waals surface area contributed by atoms with E-state index in [4.69, 9.17) is 4.74 Å². The summed E-state index contributed by atoms with van der Waals surface area (Å²) in [5.74, 6) is -0.0145. The van der Waals surface area contributed by atoms with Crippen LogP contribution in [0.1, 0.15) is 27.7 Å². The Balaban J connectivity index is 1.43. The van der Waals surface area contributed by atoms with Gasteiger partial charge in [-0.3, -0.25) is 4.31 Å². The van der Waals surface area contributed by atoms with E-state index in [1.165, 1.54) is 22.0 Å². The van der Waals surface area contributed by atoms with Crippen LogP contribution in [0.15, 0.2) is 96.2 Å². The molecule has 204 valence electrons. The number of sulfonamides is 1. The van der Waals surface area contributed by atoms with Crippen LogP contribution < -0.4 is 9.62 Å². The van der Waals surface area contributed by atoms with E-state index in [-0.39, 0.29) is 18.0 Å². The largest absolute Gasteiger partial charge is 0.461 e. The summed E-state index contributed by atoms with van der Waals surface area (Å²) in [6.45, 7) is 4.13. The number of rotatable bonds is 10. The molecule has 0 fully saturated rings. The first-order valence-electron chi connectivity index (χ1n) is 12.8. The first-order chi connectivity index (χ1) is 19.4. The fourth-order valence-corrected chi connectivity index (χ4v) is 7.13. The van der Waals surface area contributed by atoms with Crippen molar-refractivity contribution in [3.8, 4) is 0 Å². The fraction of sp³-hybridized carbons (Fsp3) is 0.167. The zero-order valence-electron chi connectivity index (χ0n) is 22.1. The molecule has 0 saturated carbocycles. The quantitative estimate of drug-likeness (QED) is 0.194. The standard InChI is InChI=1S/C30H28N4O4S2/c1-3-34(23-14-8-5-9-15-23)40(36,37)25-17-11-10-16-24(25)33-28-26-21(2)27(39-29(26)32-20-31-28)30(35)38-19-18-22-12-6-4-7-13-22/h4-17,20H,3,18-19H2,1-2H3,(H,31,32,33). The minimum absolute atomic E-state index is 0.112. The van der Waals surface area contributed by atoms with Crippen LogP contribution in [0, 0.1) is 6.92 Å². The van der Waals surface area contributed by atoms with Crippen molar-refractivity contribution in [1.82, 2.24) is 9.97 Å². The van der Waals surface area contributed by atoms with Crippen molar-refractivity contribution in [1.29, 1.82) is 0 Å². The van der Waals surface area contributed by atoms with Crippen LogP contribution in [0.3, 0.4) is 0 Å². The van der Waals surface area contributed by atoms with E-state index in [2.05, 4.69) is 15.3 Å². The Morgan fingerprint density at radius 2 is 1.62 bits per heavy atom. The second kappa shape index (κ2) is 11.8. The predicted octanol–water partition coefficient (Wildman–Crippen LogP) is 6.36. The summed E-state index contributed by atoms with van der Waals surface area (Å²) in [5.41, 5.74) is 2.71. The SMILES string of the molecule is CCN(c1ccccc1)S(=O)(=O)c1ccccc1Nc1ncnc2sc(C(=O)OCCc3ccccc3)c(C)c12. The van der Waals surface area contributed by atoms with Gasteiger partial charge in [0.2, 0.25) is 0 Å². The predicted molar refractivity (Wildman–Crippen MR) is 159 cm³/mol. The highest BCUT2D eigenvalue weighted by molar-refractivity contribution is 7.93. The lowest BCUT2D eigenvalue weighted by Crippen LogP contribution is -2.31. The lowest BCUT2D eigenvalue weighted by molar-refractivity contribution is 0.0514. The average molecular weight is 573 g/mol. The van der Waals surface area contributed by atoms with Crippen LogP contribution in [-0.4, -0.2) is 37.5 Å². The monoisotopic (exact) mass is 572 g/mol. The minimum atomic E-state index is -3.90. The summed E-state index contributed by atoms with van der Waals surface area (Å²) in [6.07, 6.45) is 2.01. The van der Waals surface area contributed by atoms with E-state index in [0.29, 0.717) is 44.3 Å². The van der Waals surface area contributed by atoms with Crippen molar-refractivity contribution in [2.45, 2.75) is 25.2 Å². The van der Waals surface area contributed by atoms with Crippen LogP contribution in [0.4, 0.5) is 17.2 Å². The molecule has 8 nitrogen and oxygen atoms in total. The van der Waals surface area contributed by atoms with Gasteiger partial charge in [0.05, 0.1) is 23.4 Å². The Hall–Kier alpha value is -4.28. The molecule has 0 atom stereocenters. The molecule has 5 aromatic rings. The molecule has 5 rings (SSSR count). The zero-order valence-corrected chi connectivity index (χ0v) is 23.7. The molecule has 0 amide bonds. The van der Waals surface area contributed by atoms with Gasteiger partial charge in [-0.15, -0.1) is 11.3 Å². The van der Waals surface area contributed by atoms with Gasteiger partial charge in [0.1, 0.15) is 26.7 Å². The molecule has 10 heteroatoms. The molecule has 0 aliphatic heterocycles. The first-order valence-corrected chi connectivity index (χ1v) is 15.0. The highest BCUT2D eigenvalue weighted by Crippen LogP contribution is 2.36. The molecule has 1 N–H and O–H groups in total. The number of aromatic nitrogens is 2. The van der Waals surface area contributed by atoms with E-state index < -0.39 is 16.0 Å². The topological polar surface area (TPSA) is 101 Å². The second-order valence-corrected chi connectivity index (χ2v) is 11.8. The van der Waals surface area contributed by atoms with E-state index in [0.717, 1.165) is 5.56 Å². The lowest BCUT2D eigenvalue weighted by atomic mass is 10.2. The molecule has 0 bridgehead atoms. The Morgan fingerprint density at radius 1 is 0.950 bits per heavy atom. The van der Waals surface area contributed by atoms with E-state index in [1.807, 2.05) is 43.3 Å². The van der Waals surface area contributed by atoms with Crippen molar-refractivity contribution in [2.24, 2.45) is 0 Å². The molecular formula is C30H28N4O4S2. The maximum Gasteiger partial charge on any atom is 0.348 e. The molecule has 3 aromatic carbocycles. The van der Waals surface area contributed by atoms with Crippen LogP contribution in [-0.2, 0) is 21.2 Å². The Bertz CT molecular complexity index is 1740. The number of anilines is 3. The zero-order chi connectivity index (χ0) is 28.1. The molecule has 0 spiro atoms. The van der Waals surface area contributed by atoms with Gasteiger partial charge in [0.25, 0.3) is 10.0 Å². The highest BCUT2D eigenvalue weighted by Gasteiger charge is 2.27. The third kappa shape index (κ3) is 5.54. The van der Waals surface area contributed by atoms with Gasteiger partial charge in [0.15, 0.2) is 0 Å². The fourth-order valence-electron chi connectivity index (χ4n) is 4.46. The average Bonchev–Trinajstić information content (AvgIpc) is 3.32. The van der Waals surface area contributed by atoms with E-state index in [9.17, 15) is 13.2 Å². The van der Waals surface area contributed by atoms with Gasteiger partial charge >= 0.3 is 5.97 Å². The van der Waals surface area contributed by atoms with E-state index in [1.54, 1.807) is 55.5 Å². The van der Waals surface area contributed by atoms with Crippen LogP contribution in [0.2, 0.25) is 0 Å². The number of thiophene rings is 1. The normalized spacial score (nSPS) is 11.3. The van der Waals surface area contributed by atoms with E-state index >= 15 is 0 Å². The molecule has 0 aliphatic carbocycles. The molecule has 40 heavy (non-hydrogen) atoms. The van der Waals surface area contributed by atoms with Crippen molar-refractivity contribution < 1.29 is 17.9 Å². The van der Waals surface area contributed by atoms with Crippen molar-refractivity contribution >= 4 is 54.7 Å². The Kier molecular flexibility index (Phi) is 8.09. The number of ether oxygens (including phenoxy) is 1. The molecule has 2 heterocycles. The molecule has 0 unspecified atom stereocenters. The summed E-state index contributed by atoms with van der Waals surface area (Å²) in [7, 11) is -3.90. The van der Waals surface area contributed by atoms with Gasteiger partial charge in [-0.25, -0.2) is 23.2 Å². The highest BCUT2D eigenvalue weighted by atomic mass is 32.2. The maximum atomic E-state index is 13.8. The molecule has 0 aliphatic rings. The van der Waals surface area contributed by atoms with Gasteiger partial charge in [-0.1, -0.05) is 60.7 Å². The van der Waals surface area contributed by atoms with Crippen molar-refractivity contribution in [3.05, 3.63) is 107 Å². The number of fused-ring (bicyclic) bond motifs is 1. The maximum absolute atomic E-state index is 13.8. The van der Waals surface area contributed by atoms with Crippen molar-refractivity contribution in [3.63, 3.8) is 0 Å². The van der Waals surface area contributed by atoms with Gasteiger partial charge < -0.3 is 10.1 Å². The van der Waals surface area contributed by atoms with Gasteiger partial charge in [-0.2, -0.15) is 0 Å². The first kappa shape index (κ1) is 27.3. The Labute approximate surface area is 237 Å². The number of aryl methyl sites for hydroxylation is 1. The minimum Gasteiger partial charge on any atom is -0.461 e. The number of para-hydroxylation sites is 2. The lowest BCUT2D eigenvalue weighted by Gasteiger charge is -2.24. The number of hydrogen-bond acceptors (Lipinski definition) is 8. The molecule has 2 aromatic heterocycles. The number of carbonyl (C=O) groups is 1. The third-order valence-electron chi connectivity index (χ3n) is 6.42. The van der Waals surface area contributed by atoms with Crippen LogP contribution >= 0.6 is 11.3 Å².